The Morgan fingerprint density at radius 2 is 1.88 bits per heavy atom. The first-order chi connectivity index (χ1) is 11.5. The third-order valence-corrected chi connectivity index (χ3v) is 5.75. The Morgan fingerprint density at radius 3 is 2.50 bits per heavy atom. The van der Waals surface area contributed by atoms with Gasteiger partial charge in [-0.25, -0.2) is 4.79 Å². The number of nitrogens with one attached hydrogen (secondary N) is 1. The summed E-state index contributed by atoms with van der Waals surface area (Å²) in [7, 11) is 0. The first-order valence-corrected chi connectivity index (χ1v) is 9.56. The van der Waals surface area contributed by atoms with E-state index in [4.69, 9.17) is 0 Å². The SMILES string of the molecule is CC(O)C1CCN(C(=O)NC2CCN(c3ccc(Br)cc3)C2)CC1. The lowest BCUT2D eigenvalue weighted by molar-refractivity contribution is 0.0794. The van der Waals surface area contributed by atoms with Gasteiger partial charge < -0.3 is 20.2 Å². The zero-order valence-electron chi connectivity index (χ0n) is 14.1. The maximum atomic E-state index is 12.4. The van der Waals surface area contributed by atoms with Crippen molar-refractivity contribution in [2.45, 2.75) is 38.3 Å². The predicted molar refractivity (Wildman–Crippen MR) is 99.3 cm³/mol. The van der Waals surface area contributed by atoms with Crippen LogP contribution in [0.5, 0.6) is 0 Å². The fourth-order valence-electron chi connectivity index (χ4n) is 3.62. The fourth-order valence-corrected chi connectivity index (χ4v) is 3.88. The molecule has 5 nitrogen and oxygen atoms in total. The summed E-state index contributed by atoms with van der Waals surface area (Å²) in [6, 6.07) is 8.56. The number of hydrogen-bond donors (Lipinski definition) is 2. The molecular formula is C18H26BrN3O2. The largest absolute Gasteiger partial charge is 0.393 e. The smallest absolute Gasteiger partial charge is 0.317 e. The topological polar surface area (TPSA) is 55.8 Å². The van der Waals surface area contributed by atoms with Gasteiger partial charge in [0.15, 0.2) is 0 Å². The lowest BCUT2D eigenvalue weighted by atomic mass is 9.92. The molecule has 0 saturated carbocycles. The van der Waals surface area contributed by atoms with Crippen molar-refractivity contribution in [3.8, 4) is 0 Å². The second-order valence-electron chi connectivity index (χ2n) is 6.92. The average molecular weight is 396 g/mol. The van der Waals surface area contributed by atoms with Crippen LogP contribution >= 0.6 is 15.9 Å². The number of carbonyl (C=O) groups excluding carboxylic acids is 1. The molecule has 0 aromatic heterocycles. The monoisotopic (exact) mass is 395 g/mol. The van der Waals surface area contributed by atoms with Crippen LogP contribution in [0.3, 0.4) is 0 Å². The van der Waals surface area contributed by atoms with Crippen LogP contribution in [0.1, 0.15) is 26.2 Å². The number of hydrogen-bond acceptors (Lipinski definition) is 3. The van der Waals surface area contributed by atoms with Crippen LogP contribution in [0.15, 0.2) is 28.7 Å². The Balaban J connectivity index is 1.47. The number of aliphatic hydroxyl groups is 1. The van der Waals surface area contributed by atoms with Crippen molar-refractivity contribution in [1.29, 1.82) is 0 Å². The molecule has 2 heterocycles. The zero-order chi connectivity index (χ0) is 17.1. The molecule has 2 amide bonds. The molecule has 0 spiro atoms. The van der Waals surface area contributed by atoms with E-state index in [1.54, 1.807) is 0 Å². The quantitative estimate of drug-likeness (QED) is 0.826. The molecule has 2 unspecified atom stereocenters. The summed E-state index contributed by atoms with van der Waals surface area (Å²) in [5.41, 5.74) is 1.20. The van der Waals surface area contributed by atoms with Gasteiger partial charge in [0.25, 0.3) is 0 Å². The normalized spacial score (nSPS) is 23.4. The van der Waals surface area contributed by atoms with Gasteiger partial charge >= 0.3 is 6.03 Å². The first kappa shape index (κ1) is 17.5. The van der Waals surface area contributed by atoms with Gasteiger partial charge in [0.05, 0.1) is 6.10 Å². The molecule has 6 heteroatoms. The van der Waals surface area contributed by atoms with Crippen molar-refractivity contribution in [2.24, 2.45) is 5.92 Å². The Hall–Kier alpha value is -1.27. The summed E-state index contributed by atoms with van der Waals surface area (Å²) in [5, 5.41) is 12.8. The Labute approximate surface area is 152 Å². The van der Waals surface area contributed by atoms with Crippen molar-refractivity contribution < 1.29 is 9.90 Å². The molecule has 0 aliphatic carbocycles. The molecule has 1 aromatic rings. The number of urea groups is 1. The van der Waals surface area contributed by atoms with Crippen molar-refractivity contribution in [3.05, 3.63) is 28.7 Å². The summed E-state index contributed by atoms with van der Waals surface area (Å²) in [4.78, 5) is 16.7. The van der Waals surface area contributed by atoms with Crippen molar-refractivity contribution in [3.63, 3.8) is 0 Å². The summed E-state index contributed by atoms with van der Waals surface area (Å²) in [5.74, 6) is 0.327. The van der Waals surface area contributed by atoms with Crippen LogP contribution in [-0.2, 0) is 0 Å². The number of halogens is 1. The Morgan fingerprint density at radius 1 is 1.21 bits per heavy atom. The molecule has 2 aliphatic rings. The lowest BCUT2D eigenvalue weighted by Crippen LogP contribution is -2.49. The second-order valence-corrected chi connectivity index (χ2v) is 7.84. The molecule has 2 aliphatic heterocycles. The number of piperidine rings is 1. The Kier molecular flexibility index (Phi) is 5.66. The third-order valence-electron chi connectivity index (χ3n) is 5.22. The van der Waals surface area contributed by atoms with Gasteiger partial charge in [-0.05, 0) is 56.4 Å². The van der Waals surface area contributed by atoms with E-state index >= 15 is 0 Å². The van der Waals surface area contributed by atoms with E-state index < -0.39 is 0 Å². The molecule has 0 radical (unpaired) electrons. The van der Waals surface area contributed by atoms with E-state index in [0.29, 0.717) is 5.92 Å². The molecule has 2 N–H and O–H groups in total. The number of anilines is 1. The van der Waals surface area contributed by atoms with Crippen LogP contribution in [-0.4, -0.2) is 54.4 Å². The van der Waals surface area contributed by atoms with Gasteiger partial charge in [-0.2, -0.15) is 0 Å². The molecule has 2 fully saturated rings. The molecular weight excluding hydrogens is 370 g/mol. The van der Waals surface area contributed by atoms with Crippen molar-refractivity contribution in [1.82, 2.24) is 10.2 Å². The van der Waals surface area contributed by atoms with Gasteiger partial charge in [0.1, 0.15) is 0 Å². The van der Waals surface area contributed by atoms with E-state index in [1.165, 1.54) is 5.69 Å². The van der Waals surface area contributed by atoms with E-state index in [2.05, 4.69) is 38.3 Å². The number of aliphatic hydroxyl groups excluding tert-OH is 1. The van der Waals surface area contributed by atoms with Gasteiger partial charge in [0, 0.05) is 42.4 Å². The number of benzene rings is 1. The summed E-state index contributed by atoms with van der Waals surface area (Å²) in [6.07, 6.45) is 2.48. The van der Waals surface area contributed by atoms with Crippen molar-refractivity contribution >= 4 is 27.6 Å². The predicted octanol–water partition coefficient (Wildman–Crippen LogP) is 2.83. The number of likely N-dealkylation sites (tertiary alicyclic amines) is 1. The number of rotatable bonds is 3. The molecule has 132 valence electrons. The van der Waals surface area contributed by atoms with Crippen LogP contribution < -0.4 is 10.2 Å². The second kappa shape index (κ2) is 7.74. The van der Waals surface area contributed by atoms with Crippen LogP contribution in [0, 0.1) is 5.92 Å². The molecule has 3 rings (SSSR count). The summed E-state index contributed by atoms with van der Waals surface area (Å²) < 4.78 is 1.08. The highest BCUT2D eigenvalue weighted by Gasteiger charge is 2.29. The molecule has 1 aromatic carbocycles. The van der Waals surface area contributed by atoms with Gasteiger partial charge in [0.2, 0.25) is 0 Å². The molecule has 24 heavy (non-hydrogen) atoms. The standard InChI is InChI=1S/C18H26BrN3O2/c1-13(23)14-6-9-21(10-7-14)18(24)20-16-8-11-22(12-16)17-4-2-15(19)3-5-17/h2-5,13-14,16,23H,6-12H2,1H3,(H,20,24). The first-order valence-electron chi connectivity index (χ1n) is 8.77. The van der Waals surface area contributed by atoms with Crippen LogP contribution in [0.4, 0.5) is 10.5 Å². The minimum absolute atomic E-state index is 0.0432. The molecule has 2 atom stereocenters. The lowest BCUT2D eigenvalue weighted by Gasteiger charge is -2.34. The maximum absolute atomic E-state index is 12.4. The molecule has 2 saturated heterocycles. The number of amides is 2. The maximum Gasteiger partial charge on any atom is 0.317 e. The summed E-state index contributed by atoms with van der Waals surface area (Å²) in [6.45, 7) is 5.15. The van der Waals surface area contributed by atoms with Crippen molar-refractivity contribution in [2.75, 3.05) is 31.1 Å². The van der Waals surface area contributed by atoms with Gasteiger partial charge in [-0.3, -0.25) is 0 Å². The van der Waals surface area contributed by atoms with E-state index in [1.807, 2.05) is 24.0 Å². The minimum Gasteiger partial charge on any atom is -0.393 e. The van der Waals surface area contributed by atoms with Gasteiger partial charge in [-0.1, -0.05) is 15.9 Å². The average Bonchev–Trinajstić information content (AvgIpc) is 3.04. The third kappa shape index (κ3) is 4.22. The molecule has 0 bridgehead atoms. The number of nitrogens with zero attached hydrogens (tertiary/aromatic N) is 2. The fraction of sp³-hybridized carbons (Fsp3) is 0.611. The zero-order valence-corrected chi connectivity index (χ0v) is 15.7. The van der Waals surface area contributed by atoms with Gasteiger partial charge in [-0.15, -0.1) is 0 Å². The van der Waals surface area contributed by atoms with Crippen LogP contribution in [0.2, 0.25) is 0 Å². The number of carbonyl (C=O) groups is 1. The highest BCUT2D eigenvalue weighted by atomic mass is 79.9. The van der Waals surface area contributed by atoms with E-state index in [9.17, 15) is 9.90 Å². The van der Waals surface area contributed by atoms with E-state index in [-0.39, 0.29) is 18.2 Å². The highest BCUT2D eigenvalue weighted by molar-refractivity contribution is 9.10. The minimum atomic E-state index is -0.274. The summed E-state index contributed by atoms with van der Waals surface area (Å²) >= 11 is 3.46. The van der Waals surface area contributed by atoms with Crippen LogP contribution in [0.25, 0.3) is 0 Å². The Bertz CT molecular complexity index is 556. The van der Waals surface area contributed by atoms with E-state index in [0.717, 1.165) is 49.9 Å². The highest BCUT2D eigenvalue weighted by Crippen LogP contribution is 2.23.